The molecule has 0 unspecified atom stereocenters. The van der Waals surface area contributed by atoms with Gasteiger partial charge in [0.05, 0.1) is 0 Å². The monoisotopic (exact) mass is 309 g/mol. The Morgan fingerprint density at radius 1 is 1.18 bits per heavy atom. The minimum atomic E-state index is -0.183. The van der Waals surface area contributed by atoms with E-state index in [1.165, 1.54) is 11.3 Å². The molecule has 0 aliphatic rings. The van der Waals surface area contributed by atoms with Crippen molar-refractivity contribution in [2.75, 3.05) is 5.32 Å². The van der Waals surface area contributed by atoms with Gasteiger partial charge in [-0.15, -0.1) is 11.3 Å². The molecule has 3 aromatic rings. The van der Waals surface area contributed by atoms with Crippen LogP contribution in [0.5, 0.6) is 0 Å². The summed E-state index contributed by atoms with van der Waals surface area (Å²) >= 11 is 1.45. The zero-order valence-corrected chi connectivity index (χ0v) is 12.9. The van der Waals surface area contributed by atoms with Gasteiger partial charge in [0.2, 0.25) is 0 Å². The predicted octanol–water partition coefficient (Wildman–Crippen LogP) is 4.02. The van der Waals surface area contributed by atoms with Gasteiger partial charge in [-0.1, -0.05) is 25.1 Å². The van der Waals surface area contributed by atoms with E-state index in [-0.39, 0.29) is 5.91 Å². The number of amides is 1. The minimum Gasteiger partial charge on any atom is -0.320 e. The Bertz CT molecular complexity index is 783. The van der Waals surface area contributed by atoms with E-state index in [9.17, 15) is 4.79 Å². The number of para-hydroxylation sites is 1. The highest BCUT2D eigenvalue weighted by molar-refractivity contribution is 7.13. The predicted molar refractivity (Wildman–Crippen MR) is 89.1 cm³/mol. The second-order valence-corrected chi connectivity index (χ2v) is 5.60. The summed E-state index contributed by atoms with van der Waals surface area (Å²) in [6.45, 7) is 2.06. The lowest BCUT2D eigenvalue weighted by Gasteiger charge is -2.08. The second kappa shape index (κ2) is 6.49. The third kappa shape index (κ3) is 3.04. The molecule has 0 aliphatic carbocycles. The van der Waals surface area contributed by atoms with Crippen molar-refractivity contribution in [1.82, 2.24) is 9.97 Å². The molecule has 0 saturated heterocycles. The summed E-state index contributed by atoms with van der Waals surface area (Å²) in [6.07, 6.45) is 4.30. The summed E-state index contributed by atoms with van der Waals surface area (Å²) in [4.78, 5) is 20.7. The first-order valence-electron chi connectivity index (χ1n) is 7.03. The van der Waals surface area contributed by atoms with Crippen LogP contribution in [0.15, 0.2) is 54.2 Å². The van der Waals surface area contributed by atoms with E-state index in [4.69, 9.17) is 0 Å². The standard InChI is InChI=1S/C17H15N3OS/c1-2-12-5-3-4-6-14(12)19-16(21)15-11-22-17(20-15)13-7-9-18-10-8-13/h3-11H,2H2,1H3,(H,19,21). The zero-order chi connectivity index (χ0) is 15.4. The molecule has 0 atom stereocenters. The lowest BCUT2D eigenvalue weighted by atomic mass is 10.1. The summed E-state index contributed by atoms with van der Waals surface area (Å²) in [6, 6.07) is 11.6. The van der Waals surface area contributed by atoms with E-state index < -0.39 is 0 Å². The molecule has 0 radical (unpaired) electrons. The fraction of sp³-hybridized carbons (Fsp3) is 0.118. The minimum absolute atomic E-state index is 0.183. The van der Waals surface area contributed by atoms with Crippen molar-refractivity contribution in [3.05, 3.63) is 65.4 Å². The Kier molecular flexibility index (Phi) is 4.25. The summed E-state index contributed by atoms with van der Waals surface area (Å²) in [5.41, 5.74) is 3.35. The van der Waals surface area contributed by atoms with Crippen LogP contribution in [-0.4, -0.2) is 15.9 Å². The number of anilines is 1. The molecule has 110 valence electrons. The molecule has 2 heterocycles. The SMILES string of the molecule is CCc1ccccc1NC(=O)c1csc(-c2ccncc2)n1. The van der Waals surface area contributed by atoms with Gasteiger partial charge in [0, 0.05) is 29.0 Å². The number of nitrogens with zero attached hydrogens (tertiary/aromatic N) is 2. The van der Waals surface area contributed by atoms with Gasteiger partial charge in [0.25, 0.3) is 5.91 Å². The maximum atomic E-state index is 12.3. The van der Waals surface area contributed by atoms with E-state index in [0.29, 0.717) is 5.69 Å². The van der Waals surface area contributed by atoms with E-state index in [0.717, 1.165) is 28.2 Å². The number of rotatable bonds is 4. The summed E-state index contributed by atoms with van der Waals surface area (Å²) < 4.78 is 0. The summed E-state index contributed by atoms with van der Waals surface area (Å²) in [5, 5.41) is 5.53. The van der Waals surface area contributed by atoms with Gasteiger partial charge in [-0.05, 0) is 30.2 Å². The van der Waals surface area contributed by atoms with Gasteiger partial charge in [-0.2, -0.15) is 0 Å². The van der Waals surface area contributed by atoms with Crippen molar-refractivity contribution in [3.8, 4) is 10.6 Å². The first-order chi connectivity index (χ1) is 10.8. The Labute approximate surface area is 132 Å². The Morgan fingerprint density at radius 2 is 1.95 bits per heavy atom. The largest absolute Gasteiger partial charge is 0.320 e. The van der Waals surface area contributed by atoms with Crippen molar-refractivity contribution in [2.24, 2.45) is 0 Å². The van der Waals surface area contributed by atoms with Crippen LogP contribution < -0.4 is 5.32 Å². The highest BCUT2D eigenvalue weighted by atomic mass is 32.1. The fourth-order valence-corrected chi connectivity index (χ4v) is 2.95. The van der Waals surface area contributed by atoms with Crippen LogP contribution in [-0.2, 0) is 6.42 Å². The molecule has 1 amide bonds. The topological polar surface area (TPSA) is 54.9 Å². The fourth-order valence-electron chi connectivity index (χ4n) is 2.14. The number of benzene rings is 1. The van der Waals surface area contributed by atoms with E-state index >= 15 is 0 Å². The molecule has 3 rings (SSSR count). The van der Waals surface area contributed by atoms with Crippen molar-refractivity contribution >= 4 is 22.9 Å². The zero-order valence-electron chi connectivity index (χ0n) is 12.1. The molecule has 1 N–H and O–H groups in total. The number of carbonyl (C=O) groups is 1. The lowest BCUT2D eigenvalue weighted by molar-refractivity contribution is 0.102. The van der Waals surface area contributed by atoms with Crippen LogP contribution in [0.25, 0.3) is 10.6 Å². The van der Waals surface area contributed by atoms with E-state index in [2.05, 4.69) is 22.2 Å². The molecule has 0 aliphatic heterocycles. The van der Waals surface area contributed by atoms with Crippen molar-refractivity contribution in [1.29, 1.82) is 0 Å². The number of aryl methyl sites for hydroxylation is 1. The molecule has 0 saturated carbocycles. The highest BCUT2D eigenvalue weighted by Gasteiger charge is 2.13. The number of pyridine rings is 1. The molecule has 2 aromatic heterocycles. The number of hydrogen-bond acceptors (Lipinski definition) is 4. The van der Waals surface area contributed by atoms with Gasteiger partial charge in [0.15, 0.2) is 0 Å². The van der Waals surface area contributed by atoms with E-state index in [1.54, 1.807) is 17.8 Å². The van der Waals surface area contributed by atoms with Crippen LogP contribution >= 0.6 is 11.3 Å². The van der Waals surface area contributed by atoms with Crippen LogP contribution in [0, 0.1) is 0 Å². The van der Waals surface area contributed by atoms with Crippen molar-refractivity contribution in [2.45, 2.75) is 13.3 Å². The highest BCUT2D eigenvalue weighted by Crippen LogP contribution is 2.24. The smallest absolute Gasteiger partial charge is 0.275 e. The summed E-state index contributed by atoms with van der Waals surface area (Å²) in [5.74, 6) is -0.183. The van der Waals surface area contributed by atoms with Crippen LogP contribution in [0.1, 0.15) is 23.0 Å². The first-order valence-corrected chi connectivity index (χ1v) is 7.91. The van der Waals surface area contributed by atoms with Crippen molar-refractivity contribution < 1.29 is 4.79 Å². The number of hydrogen-bond donors (Lipinski definition) is 1. The Balaban J connectivity index is 1.80. The van der Waals surface area contributed by atoms with Gasteiger partial charge < -0.3 is 5.32 Å². The third-order valence-corrected chi connectivity index (χ3v) is 4.20. The Morgan fingerprint density at radius 3 is 2.73 bits per heavy atom. The maximum absolute atomic E-state index is 12.3. The number of carbonyl (C=O) groups excluding carboxylic acids is 1. The van der Waals surface area contributed by atoms with Gasteiger partial charge in [-0.3, -0.25) is 9.78 Å². The molecule has 0 bridgehead atoms. The van der Waals surface area contributed by atoms with Gasteiger partial charge in [-0.25, -0.2) is 4.98 Å². The van der Waals surface area contributed by atoms with E-state index in [1.807, 2.05) is 36.4 Å². The molecule has 22 heavy (non-hydrogen) atoms. The van der Waals surface area contributed by atoms with Gasteiger partial charge in [0.1, 0.15) is 10.7 Å². The Hall–Kier alpha value is -2.53. The average Bonchev–Trinajstić information content (AvgIpc) is 3.06. The first kappa shape index (κ1) is 14.4. The maximum Gasteiger partial charge on any atom is 0.275 e. The summed E-state index contributed by atoms with van der Waals surface area (Å²) in [7, 11) is 0. The quantitative estimate of drug-likeness (QED) is 0.792. The average molecular weight is 309 g/mol. The number of nitrogens with one attached hydrogen (secondary N) is 1. The molecular weight excluding hydrogens is 294 g/mol. The van der Waals surface area contributed by atoms with Crippen LogP contribution in [0.4, 0.5) is 5.69 Å². The third-order valence-electron chi connectivity index (χ3n) is 3.31. The molecule has 1 aromatic carbocycles. The molecule has 5 heteroatoms. The molecule has 0 spiro atoms. The number of aromatic nitrogens is 2. The lowest BCUT2D eigenvalue weighted by Crippen LogP contribution is -2.13. The normalized spacial score (nSPS) is 10.4. The number of thiazole rings is 1. The van der Waals surface area contributed by atoms with Crippen molar-refractivity contribution in [3.63, 3.8) is 0 Å². The molecular formula is C17H15N3OS. The van der Waals surface area contributed by atoms with Crippen LogP contribution in [0.3, 0.4) is 0 Å². The second-order valence-electron chi connectivity index (χ2n) is 4.74. The van der Waals surface area contributed by atoms with Gasteiger partial charge >= 0.3 is 0 Å². The molecule has 0 fully saturated rings. The van der Waals surface area contributed by atoms with Crippen LogP contribution in [0.2, 0.25) is 0 Å². The molecule has 4 nitrogen and oxygen atoms in total.